The molecule has 1 aromatic heterocycles. The van der Waals surface area contributed by atoms with Crippen molar-refractivity contribution in [1.82, 2.24) is 15.2 Å². The molecule has 0 spiro atoms. The number of hydrogen-bond acceptors (Lipinski definition) is 7. The number of rotatable bonds is 10. The maximum absolute atomic E-state index is 10.4. The van der Waals surface area contributed by atoms with E-state index in [1.165, 1.54) is 5.56 Å². The fourth-order valence-electron chi connectivity index (χ4n) is 3.63. The predicted octanol–water partition coefficient (Wildman–Crippen LogP) is 1.88. The molecule has 7 heteroatoms. The number of pyridine rings is 1. The van der Waals surface area contributed by atoms with E-state index in [0.29, 0.717) is 13.1 Å². The SMILES string of the molecule is COc1ccc(OCC(O)CN2CCC(O)CC2)c(CNCc2ccncc2C)c1. The van der Waals surface area contributed by atoms with Gasteiger partial charge in [0.1, 0.15) is 24.2 Å². The van der Waals surface area contributed by atoms with Crippen molar-refractivity contribution in [2.75, 3.05) is 33.4 Å². The van der Waals surface area contributed by atoms with Gasteiger partial charge in [0.15, 0.2) is 0 Å². The lowest BCUT2D eigenvalue weighted by molar-refractivity contribution is 0.0336. The molecule has 3 rings (SSSR count). The van der Waals surface area contributed by atoms with E-state index in [1.54, 1.807) is 13.3 Å². The van der Waals surface area contributed by atoms with Crippen molar-refractivity contribution in [3.63, 3.8) is 0 Å². The van der Waals surface area contributed by atoms with Crippen LogP contribution in [0.15, 0.2) is 36.7 Å². The number of piperidine rings is 1. The predicted molar refractivity (Wildman–Crippen MR) is 116 cm³/mol. The molecule has 1 aliphatic rings. The summed E-state index contributed by atoms with van der Waals surface area (Å²) in [4.78, 5) is 6.31. The highest BCUT2D eigenvalue weighted by molar-refractivity contribution is 5.40. The van der Waals surface area contributed by atoms with Gasteiger partial charge >= 0.3 is 0 Å². The largest absolute Gasteiger partial charge is 0.497 e. The summed E-state index contributed by atoms with van der Waals surface area (Å²) < 4.78 is 11.3. The molecule has 0 radical (unpaired) electrons. The highest BCUT2D eigenvalue weighted by Crippen LogP contribution is 2.24. The standard InChI is InChI=1S/C23H33N3O4/c1-17-12-24-8-5-18(17)13-25-14-19-11-22(29-2)3-4-23(19)30-16-21(28)15-26-9-6-20(27)7-10-26/h3-5,8,11-12,20-21,25,27-28H,6-7,9-10,13-16H2,1-2H3. The fourth-order valence-corrected chi connectivity index (χ4v) is 3.63. The summed E-state index contributed by atoms with van der Waals surface area (Å²) in [7, 11) is 1.65. The zero-order valence-electron chi connectivity index (χ0n) is 17.9. The van der Waals surface area contributed by atoms with Crippen molar-refractivity contribution in [1.29, 1.82) is 0 Å². The minimum absolute atomic E-state index is 0.208. The molecule has 2 aromatic rings. The van der Waals surface area contributed by atoms with Crippen molar-refractivity contribution in [2.45, 2.75) is 45.1 Å². The summed E-state index contributed by atoms with van der Waals surface area (Å²) in [5, 5.41) is 23.5. The molecule has 2 heterocycles. The quantitative estimate of drug-likeness (QED) is 0.546. The lowest BCUT2D eigenvalue weighted by Gasteiger charge is -2.31. The molecule has 30 heavy (non-hydrogen) atoms. The average molecular weight is 416 g/mol. The first kappa shape index (κ1) is 22.5. The van der Waals surface area contributed by atoms with E-state index in [9.17, 15) is 10.2 Å². The van der Waals surface area contributed by atoms with Crippen molar-refractivity contribution in [3.8, 4) is 11.5 Å². The Morgan fingerprint density at radius 1 is 1.20 bits per heavy atom. The monoisotopic (exact) mass is 415 g/mol. The first-order valence-electron chi connectivity index (χ1n) is 10.5. The Kier molecular flexibility index (Phi) is 8.45. The summed E-state index contributed by atoms with van der Waals surface area (Å²) in [5.74, 6) is 1.51. The molecule has 164 valence electrons. The maximum Gasteiger partial charge on any atom is 0.124 e. The van der Waals surface area contributed by atoms with Gasteiger partial charge in [0.2, 0.25) is 0 Å². The smallest absolute Gasteiger partial charge is 0.124 e. The zero-order chi connectivity index (χ0) is 21.3. The van der Waals surface area contributed by atoms with Gasteiger partial charge in [-0.15, -0.1) is 0 Å². The van der Waals surface area contributed by atoms with Crippen LogP contribution in [0.5, 0.6) is 11.5 Å². The topological polar surface area (TPSA) is 87.1 Å². The van der Waals surface area contributed by atoms with Crippen molar-refractivity contribution >= 4 is 0 Å². The molecule has 0 aliphatic carbocycles. The molecule has 1 aliphatic heterocycles. The van der Waals surface area contributed by atoms with E-state index < -0.39 is 6.10 Å². The van der Waals surface area contributed by atoms with E-state index >= 15 is 0 Å². The third-order valence-corrected chi connectivity index (χ3v) is 5.49. The van der Waals surface area contributed by atoms with Gasteiger partial charge in [0.25, 0.3) is 0 Å². The highest BCUT2D eigenvalue weighted by Gasteiger charge is 2.20. The van der Waals surface area contributed by atoms with Gasteiger partial charge in [-0.3, -0.25) is 4.98 Å². The number of aryl methyl sites for hydroxylation is 1. The van der Waals surface area contributed by atoms with E-state index in [4.69, 9.17) is 9.47 Å². The molecule has 1 atom stereocenters. The molecule has 0 bridgehead atoms. The number of β-amino-alcohol motifs (C(OH)–C–C–N with tert-alkyl or cyclic N) is 1. The lowest BCUT2D eigenvalue weighted by atomic mass is 10.1. The number of aliphatic hydroxyl groups is 2. The van der Waals surface area contributed by atoms with Crippen LogP contribution in [0.1, 0.15) is 29.5 Å². The Morgan fingerprint density at radius 2 is 1.97 bits per heavy atom. The van der Waals surface area contributed by atoms with Crippen LogP contribution in [0.25, 0.3) is 0 Å². The summed E-state index contributed by atoms with van der Waals surface area (Å²) in [6.45, 7) is 5.80. The van der Waals surface area contributed by atoms with Gasteiger partial charge in [-0.2, -0.15) is 0 Å². The number of aromatic nitrogens is 1. The average Bonchev–Trinajstić information content (AvgIpc) is 2.75. The minimum Gasteiger partial charge on any atom is -0.497 e. The number of hydrogen-bond donors (Lipinski definition) is 3. The molecule has 1 fully saturated rings. The van der Waals surface area contributed by atoms with Crippen LogP contribution < -0.4 is 14.8 Å². The van der Waals surface area contributed by atoms with Gasteiger partial charge in [0, 0.05) is 50.7 Å². The van der Waals surface area contributed by atoms with Gasteiger partial charge in [-0.1, -0.05) is 0 Å². The minimum atomic E-state index is -0.581. The zero-order valence-corrected chi connectivity index (χ0v) is 17.9. The van der Waals surface area contributed by atoms with Crippen LogP contribution in [0.4, 0.5) is 0 Å². The van der Waals surface area contributed by atoms with E-state index in [0.717, 1.165) is 55.1 Å². The summed E-state index contributed by atoms with van der Waals surface area (Å²) in [5.41, 5.74) is 3.34. The first-order valence-corrected chi connectivity index (χ1v) is 10.5. The molecule has 1 aromatic carbocycles. The van der Waals surface area contributed by atoms with Gasteiger partial charge in [-0.25, -0.2) is 0 Å². The summed E-state index contributed by atoms with van der Waals surface area (Å²) in [6, 6.07) is 7.73. The molecule has 0 amide bonds. The number of aliphatic hydroxyl groups excluding tert-OH is 2. The maximum atomic E-state index is 10.4. The lowest BCUT2D eigenvalue weighted by Crippen LogP contribution is -2.41. The Morgan fingerprint density at radius 3 is 2.70 bits per heavy atom. The second-order valence-electron chi connectivity index (χ2n) is 7.88. The number of benzene rings is 1. The normalized spacial score (nSPS) is 16.4. The second kappa shape index (κ2) is 11.3. The Bertz CT molecular complexity index is 794. The third kappa shape index (κ3) is 6.67. The number of nitrogens with zero attached hydrogens (tertiary/aromatic N) is 2. The van der Waals surface area contributed by atoms with Crippen LogP contribution >= 0.6 is 0 Å². The Labute approximate surface area is 178 Å². The molecule has 1 unspecified atom stereocenters. The molecule has 7 nitrogen and oxygen atoms in total. The number of nitrogens with one attached hydrogen (secondary N) is 1. The van der Waals surface area contributed by atoms with Crippen LogP contribution in [0.3, 0.4) is 0 Å². The van der Waals surface area contributed by atoms with Crippen LogP contribution in [-0.4, -0.2) is 65.7 Å². The second-order valence-corrected chi connectivity index (χ2v) is 7.88. The molecular formula is C23H33N3O4. The van der Waals surface area contributed by atoms with Gasteiger partial charge < -0.3 is 29.9 Å². The molecular weight excluding hydrogens is 382 g/mol. The number of methoxy groups -OCH3 is 1. The van der Waals surface area contributed by atoms with E-state index in [-0.39, 0.29) is 12.7 Å². The fraction of sp³-hybridized carbons (Fsp3) is 0.522. The van der Waals surface area contributed by atoms with Crippen LogP contribution in [0, 0.1) is 6.92 Å². The van der Waals surface area contributed by atoms with Crippen molar-refractivity contribution in [2.24, 2.45) is 0 Å². The Hall–Kier alpha value is -2.19. The number of ether oxygens (including phenoxy) is 2. The van der Waals surface area contributed by atoms with E-state index in [1.807, 2.05) is 30.5 Å². The molecule has 1 saturated heterocycles. The molecule has 0 saturated carbocycles. The van der Waals surface area contributed by atoms with Crippen LogP contribution in [-0.2, 0) is 13.1 Å². The Balaban J connectivity index is 1.54. The third-order valence-electron chi connectivity index (χ3n) is 5.49. The summed E-state index contributed by atoms with van der Waals surface area (Å²) >= 11 is 0. The van der Waals surface area contributed by atoms with Crippen LogP contribution in [0.2, 0.25) is 0 Å². The van der Waals surface area contributed by atoms with Crippen molar-refractivity contribution < 1.29 is 19.7 Å². The summed E-state index contributed by atoms with van der Waals surface area (Å²) in [6.07, 6.45) is 4.40. The first-order chi connectivity index (χ1) is 14.5. The van der Waals surface area contributed by atoms with Gasteiger partial charge in [-0.05, 0) is 55.2 Å². The molecule has 3 N–H and O–H groups in total. The van der Waals surface area contributed by atoms with Gasteiger partial charge in [0.05, 0.1) is 13.2 Å². The number of likely N-dealkylation sites (tertiary alicyclic amines) is 1. The highest BCUT2D eigenvalue weighted by atomic mass is 16.5. The van der Waals surface area contributed by atoms with Crippen molar-refractivity contribution in [3.05, 3.63) is 53.3 Å². The van der Waals surface area contributed by atoms with E-state index in [2.05, 4.69) is 22.1 Å².